The van der Waals surface area contributed by atoms with Crippen molar-refractivity contribution in [3.8, 4) is 11.5 Å². The third-order valence-corrected chi connectivity index (χ3v) is 4.28. The maximum atomic E-state index is 11.8. The van der Waals surface area contributed by atoms with E-state index in [4.69, 9.17) is 9.47 Å². The molecule has 1 aliphatic heterocycles. The summed E-state index contributed by atoms with van der Waals surface area (Å²) in [5.74, 6) is 1.49. The Morgan fingerprint density at radius 3 is 2.64 bits per heavy atom. The Labute approximate surface area is 133 Å². The van der Waals surface area contributed by atoms with Gasteiger partial charge in [-0.1, -0.05) is 6.07 Å². The van der Waals surface area contributed by atoms with Gasteiger partial charge in [0.25, 0.3) is 0 Å². The summed E-state index contributed by atoms with van der Waals surface area (Å²) in [6.45, 7) is 4.19. The molecule has 0 atom stereocenters. The first-order valence-electron chi connectivity index (χ1n) is 7.16. The van der Waals surface area contributed by atoms with Gasteiger partial charge in [-0.2, -0.15) is 0 Å². The summed E-state index contributed by atoms with van der Waals surface area (Å²) in [5, 5.41) is 5.69. The molecule has 0 spiro atoms. The monoisotopic (exact) mass is 318 g/mol. The second-order valence-corrected chi connectivity index (χ2v) is 6.40. The number of benzene rings is 1. The van der Waals surface area contributed by atoms with Crippen molar-refractivity contribution in [1.29, 1.82) is 0 Å². The molecule has 2 N–H and O–H groups in total. The zero-order chi connectivity index (χ0) is 15.4. The van der Waals surface area contributed by atoms with E-state index >= 15 is 0 Å². The van der Waals surface area contributed by atoms with E-state index in [1.807, 2.05) is 24.3 Å². The van der Waals surface area contributed by atoms with Crippen LogP contribution in [0.15, 0.2) is 30.3 Å². The topological polar surface area (TPSA) is 59.6 Å². The number of hydrogen-bond donors (Lipinski definition) is 2. The molecule has 0 bridgehead atoms. The highest BCUT2D eigenvalue weighted by molar-refractivity contribution is 7.11. The van der Waals surface area contributed by atoms with Crippen molar-refractivity contribution in [1.82, 2.24) is 10.6 Å². The van der Waals surface area contributed by atoms with Crippen LogP contribution in [-0.4, -0.2) is 19.2 Å². The van der Waals surface area contributed by atoms with Crippen molar-refractivity contribution in [2.24, 2.45) is 0 Å². The molecule has 0 saturated carbocycles. The molecule has 6 heteroatoms. The van der Waals surface area contributed by atoms with E-state index in [-0.39, 0.29) is 6.03 Å². The summed E-state index contributed by atoms with van der Waals surface area (Å²) in [6, 6.07) is 9.60. The predicted octanol–water partition coefficient (Wildman–Crippen LogP) is 2.83. The fourth-order valence-electron chi connectivity index (χ4n) is 2.19. The Morgan fingerprint density at radius 1 is 1.09 bits per heavy atom. The van der Waals surface area contributed by atoms with Crippen molar-refractivity contribution in [3.05, 3.63) is 45.6 Å². The lowest BCUT2D eigenvalue weighted by molar-refractivity contribution is 0.171. The molecule has 1 aromatic heterocycles. The van der Waals surface area contributed by atoms with Crippen LogP contribution in [0, 0.1) is 6.92 Å². The summed E-state index contributed by atoms with van der Waals surface area (Å²) in [4.78, 5) is 14.2. The highest BCUT2D eigenvalue weighted by atomic mass is 32.1. The van der Waals surface area contributed by atoms with Gasteiger partial charge in [-0.05, 0) is 36.8 Å². The van der Waals surface area contributed by atoms with E-state index in [1.165, 1.54) is 4.88 Å². The molecular formula is C16H18N2O3S. The van der Waals surface area contributed by atoms with Gasteiger partial charge in [0.05, 0.1) is 6.54 Å². The SMILES string of the molecule is Cc1ccc(CNC(=O)NCc2ccc3c(c2)OCCO3)s1. The number of carbonyl (C=O) groups is 1. The number of amides is 2. The van der Waals surface area contributed by atoms with E-state index in [0.717, 1.165) is 21.9 Å². The molecule has 2 heterocycles. The largest absolute Gasteiger partial charge is 0.486 e. The minimum Gasteiger partial charge on any atom is -0.486 e. The molecule has 1 aromatic carbocycles. The van der Waals surface area contributed by atoms with Crippen molar-refractivity contribution >= 4 is 17.4 Å². The van der Waals surface area contributed by atoms with Crippen LogP contribution < -0.4 is 20.1 Å². The van der Waals surface area contributed by atoms with E-state index < -0.39 is 0 Å². The number of urea groups is 1. The van der Waals surface area contributed by atoms with E-state index in [0.29, 0.717) is 26.3 Å². The fraction of sp³-hybridized carbons (Fsp3) is 0.312. The van der Waals surface area contributed by atoms with Crippen LogP contribution >= 0.6 is 11.3 Å². The molecule has 0 saturated heterocycles. The van der Waals surface area contributed by atoms with Crippen molar-refractivity contribution in [2.75, 3.05) is 13.2 Å². The van der Waals surface area contributed by atoms with Crippen LogP contribution in [0.1, 0.15) is 15.3 Å². The fourth-order valence-corrected chi connectivity index (χ4v) is 3.02. The van der Waals surface area contributed by atoms with Gasteiger partial charge in [-0.3, -0.25) is 0 Å². The maximum absolute atomic E-state index is 11.8. The van der Waals surface area contributed by atoms with E-state index in [1.54, 1.807) is 11.3 Å². The normalized spacial score (nSPS) is 12.8. The molecule has 2 amide bonds. The quantitative estimate of drug-likeness (QED) is 0.911. The van der Waals surface area contributed by atoms with Gasteiger partial charge in [0, 0.05) is 16.3 Å². The Kier molecular flexibility index (Phi) is 4.48. The molecule has 0 fully saturated rings. The zero-order valence-electron chi connectivity index (χ0n) is 12.3. The Morgan fingerprint density at radius 2 is 1.86 bits per heavy atom. The Balaban J connectivity index is 1.48. The van der Waals surface area contributed by atoms with Crippen molar-refractivity contribution in [3.63, 3.8) is 0 Å². The van der Waals surface area contributed by atoms with Crippen LogP contribution in [0.5, 0.6) is 11.5 Å². The maximum Gasteiger partial charge on any atom is 0.315 e. The van der Waals surface area contributed by atoms with Crippen LogP contribution in [0.2, 0.25) is 0 Å². The van der Waals surface area contributed by atoms with Gasteiger partial charge in [0.15, 0.2) is 11.5 Å². The average molecular weight is 318 g/mol. The molecule has 22 heavy (non-hydrogen) atoms. The number of rotatable bonds is 4. The Hall–Kier alpha value is -2.21. The smallest absolute Gasteiger partial charge is 0.315 e. The van der Waals surface area contributed by atoms with Crippen molar-refractivity contribution < 1.29 is 14.3 Å². The summed E-state index contributed by atoms with van der Waals surface area (Å²) >= 11 is 1.69. The number of carbonyl (C=O) groups excluding carboxylic acids is 1. The summed E-state index contributed by atoms with van der Waals surface area (Å²) in [7, 11) is 0. The predicted molar refractivity (Wildman–Crippen MR) is 85.6 cm³/mol. The average Bonchev–Trinajstić information content (AvgIpc) is 2.96. The number of aryl methyl sites for hydroxylation is 1. The first-order valence-corrected chi connectivity index (χ1v) is 7.98. The zero-order valence-corrected chi connectivity index (χ0v) is 13.2. The number of ether oxygens (including phenoxy) is 2. The highest BCUT2D eigenvalue weighted by Gasteiger charge is 2.12. The van der Waals surface area contributed by atoms with Gasteiger partial charge in [0.2, 0.25) is 0 Å². The molecule has 116 valence electrons. The van der Waals surface area contributed by atoms with Gasteiger partial charge in [-0.25, -0.2) is 4.79 Å². The number of hydrogen-bond acceptors (Lipinski definition) is 4. The first kappa shape index (κ1) is 14.7. The Bertz CT molecular complexity index is 669. The number of fused-ring (bicyclic) bond motifs is 1. The lowest BCUT2D eigenvalue weighted by Crippen LogP contribution is -2.34. The second-order valence-electron chi connectivity index (χ2n) is 5.03. The van der Waals surface area contributed by atoms with Crippen LogP contribution in [0.25, 0.3) is 0 Å². The van der Waals surface area contributed by atoms with Crippen LogP contribution in [-0.2, 0) is 13.1 Å². The van der Waals surface area contributed by atoms with Crippen LogP contribution in [0.4, 0.5) is 4.79 Å². The van der Waals surface area contributed by atoms with Gasteiger partial charge < -0.3 is 20.1 Å². The summed E-state index contributed by atoms with van der Waals surface area (Å²) < 4.78 is 11.0. The third kappa shape index (κ3) is 3.71. The molecule has 0 aliphatic carbocycles. The standard InChI is InChI=1S/C16H18N2O3S/c1-11-2-4-13(22-11)10-18-16(19)17-9-12-3-5-14-15(8-12)21-7-6-20-14/h2-5,8H,6-7,9-10H2,1H3,(H2,17,18,19). The van der Waals surface area contributed by atoms with E-state index in [2.05, 4.69) is 23.6 Å². The minimum absolute atomic E-state index is 0.180. The molecule has 3 rings (SSSR count). The summed E-state index contributed by atoms with van der Waals surface area (Å²) in [6.07, 6.45) is 0. The minimum atomic E-state index is -0.180. The van der Waals surface area contributed by atoms with Crippen molar-refractivity contribution in [2.45, 2.75) is 20.0 Å². The van der Waals surface area contributed by atoms with Gasteiger partial charge >= 0.3 is 6.03 Å². The molecular weight excluding hydrogens is 300 g/mol. The van der Waals surface area contributed by atoms with Gasteiger partial charge in [0.1, 0.15) is 13.2 Å². The molecule has 5 nitrogen and oxygen atoms in total. The highest BCUT2D eigenvalue weighted by Crippen LogP contribution is 2.30. The molecule has 0 unspecified atom stereocenters. The third-order valence-electron chi connectivity index (χ3n) is 3.28. The lowest BCUT2D eigenvalue weighted by Gasteiger charge is -2.19. The van der Waals surface area contributed by atoms with E-state index in [9.17, 15) is 4.79 Å². The second kappa shape index (κ2) is 6.70. The summed E-state index contributed by atoms with van der Waals surface area (Å²) in [5.41, 5.74) is 0.978. The number of thiophene rings is 1. The number of nitrogens with one attached hydrogen (secondary N) is 2. The molecule has 1 aliphatic rings. The first-order chi connectivity index (χ1) is 10.7. The lowest BCUT2D eigenvalue weighted by atomic mass is 10.2. The van der Waals surface area contributed by atoms with Crippen LogP contribution in [0.3, 0.4) is 0 Å². The molecule has 0 radical (unpaired) electrons. The molecule has 2 aromatic rings. The van der Waals surface area contributed by atoms with Gasteiger partial charge in [-0.15, -0.1) is 11.3 Å².